The number of piperidine rings is 1. The number of aryl methyl sites for hydroxylation is 1. The van der Waals surface area contributed by atoms with Crippen molar-refractivity contribution in [1.82, 2.24) is 15.4 Å². The molecule has 0 aromatic carbocycles. The summed E-state index contributed by atoms with van der Waals surface area (Å²) in [7, 11) is 0. The molecule has 1 aliphatic heterocycles. The van der Waals surface area contributed by atoms with E-state index >= 15 is 0 Å². The fraction of sp³-hybridized carbons (Fsp3) is 0.583. The maximum Gasteiger partial charge on any atom is 0.0371 e. The van der Waals surface area contributed by atoms with E-state index < -0.39 is 0 Å². The summed E-state index contributed by atoms with van der Waals surface area (Å²) >= 11 is 0. The first kappa shape index (κ1) is 10.6. The van der Waals surface area contributed by atoms with E-state index in [1.54, 1.807) is 0 Å². The summed E-state index contributed by atoms with van der Waals surface area (Å²) in [6, 6.07) is 2.06. The first-order valence-electron chi connectivity index (χ1n) is 5.74. The van der Waals surface area contributed by atoms with Gasteiger partial charge in [0.05, 0.1) is 0 Å². The van der Waals surface area contributed by atoms with Gasteiger partial charge < -0.3 is 0 Å². The molecule has 1 saturated heterocycles. The molecule has 0 unspecified atom stereocenters. The van der Waals surface area contributed by atoms with Gasteiger partial charge in [-0.05, 0) is 37.0 Å². The lowest BCUT2D eigenvalue weighted by molar-refractivity contribution is 0.151. The van der Waals surface area contributed by atoms with Gasteiger partial charge >= 0.3 is 0 Å². The number of nitrogens with one attached hydrogen (secondary N) is 1. The Morgan fingerprint density at radius 2 is 2.13 bits per heavy atom. The van der Waals surface area contributed by atoms with Gasteiger partial charge in [0.2, 0.25) is 0 Å². The van der Waals surface area contributed by atoms with Crippen LogP contribution in [0.4, 0.5) is 0 Å². The highest BCUT2D eigenvalue weighted by Crippen LogP contribution is 2.08. The number of hydrogen-bond donors (Lipinski definition) is 1. The van der Waals surface area contributed by atoms with Crippen molar-refractivity contribution in [3.63, 3.8) is 0 Å². The minimum atomic E-state index is 0.902. The van der Waals surface area contributed by atoms with Crippen LogP contribution < -0.4 is 5.43 Å². The fourth-order valence-corrected chi connectivity index (χ4v) is 1.93. The highest BCUT2D eigenvalue weighted by Gasteiger charge is 2.09. The molecule has 82 valence electrons. The Bertz CT molecular complexity index is 305. The largest absolute Gasteiger partial charge is 0.264 e. The second-order valence-electron chi connectivity index (χ2n) is 4.18. The average molecular weight is 205 g/mol. The second kappa shape index (κ2) is 5.24. The first-order valence-corrected chi connectivity index (χ1v) is 5.74. The third-order valence-electron chi connectivity index (χ3n) is 3.00. The van der Waals surface area contributed by atoms with Crippen LogP contribution in [0.2, 0.25) is 0 Å². The highest BCUT2D eigenvalue weighted by molar-refractivity contribution is 5.20. The lowest BCUT2D eigenvalue weighted by Crippen LogP contribution is -2.41. The molecule has 1 N–H and O–H groups in total. The van der Waals surface area contributed by atoms with Gasteiger partial charge in [-0.25, -0.2) is 5.01 Å². The third-order valence-corrected chi connectivity index (χ3v) is 3.00. The van der Waals surface area contributed by atoms with E-state index in [4.69, 9.17) is 0 Å². The topological polar surface area (TPSA) is 28.2 Å². The lowest BCUT2D eigenvalue weighted by atomic mass is 10.1. The molecule has 1 aromatic heterocycles. The monoisotopic (exact) mass is 205 g/mol. The molecule has 0 spiro atoms. The van der Waals surface area contributed by atoms with Gasteiger partial charge in [0.25, 0.3) is 0 Å². The van der Waals surface area contributed by atoms with Gasteiger partial charge in [-0.2, -0.15) is 0 Å². The Morgan fingerprint density at radius 1 is 1.33 bits per heavy atom. The highest BCUT2D eigenvalue weighted by atomic mass is 15.5. The van der Waals surface area contributed by atoms with E-state index in [-0.39, 0.29) is 0 Å². The molecule has 3 heteroatoms. The molecule has 0 bridgehead atoms. The summed E-state index contributed by atoms with van der Waals surface area (Å²) in [6.07, 6.45) is 7.81. The minimum absolute atomic E-state index is 0.902. The Kier molecular flexibility index (Phi) is 3.69. The van der Waals surface area contributed by atoms with Crippen LogP contribution in [0.1, 0.15) is 30.4 Å². The number of nitrogens with zero attached hydrogens (tertiary/aromatic N) is 2. The van der Waals surface area contributed by atoms with Crippen molar-refractivity contribution in [3.05, 3.63) is 29.6 Å². The molecule has 3 nitrogen and oxygen atoms in total. The summed E-state index contributed by atoms with van der Waals surface area (Å²) in [5.74, 6) is 0. The molecule has 0 aliphatic carbocycles. The zero-order valence-electron chi connectivity index (χ0n) is 9.37. The van der Waals surface area contributed by atoms with E-state index in [1.165, 1.54) is 43.5 Å². The SMILES string of the molecule is Cc1ccncc1CNN1CCCCC1. The van der Waals surface area contributed by atoms with Crippen molar-refractivity contribution < 1.29 is 0 Å². The standard InChI is InChI=1S/C12H19N3/c1-11-5-6-13-9-12(11)10-14-15-7-3-2-4-8-15/h5-6,9,14H,2-4,7-8,10H2,1H3. The van der Waals surface area contributed by atoms with Crippen molar-refractivity contribution in [3.8, 4) is 0 Å². The van der Waals surface area contributed by atoms with Gasteiger partial charge in [-0.3, -0.25) is 10.4 Å². The number of rotatable bonds is 3. The smallest absolute Gasteiger partial charge is 0.0371 e. The summed E-state index contributed by atoms with van der Waals surface area (Å²) in [4.78, 5) is 4.15. The molecule has 1 fully saturated rings. The van der Waals surface area contributed by atoms with Crippen LogP contribution in [0.5, 0.6) is 0 Å². The maximum absolute atomic E-state index is 4.15. The van der Waals surface area contributed by atoms with Crippen LogP contribution >= 0.6 is 0 Å². The number of hydrazine groups is 1. The molecule has 2 heterocycles. The van der Waals surface area contributed by atoms with Crippen LogP contribution in [0.15, 0.2) is 18.5 Å². The predicted octanol–water partition coefficient (Wildman–Crippen LogP) is 1.88. The fourth-order valence-electron chi connectivity index (χ4n) is 1.93. The van der Waals surface area contributed by atoms with E-state index in [2.05, 4.69) is 28.4 Å². The summed E-state index contributed by atoms with van der Waals surface area (Å²) in [5.41, 5.74) is 6.08. The molecular formula is C12H19N3. The molecule has 0 radical (unpaired) electrons. The van der Waals surface area contributed by atoms with E-state index in [0.29, 0.717) is 0 Å². The second-order valence-corrected chi connectivity index (χ2v) is 4.18. The molecule has 2 rings (SSSR count). The van der Waals surface area contributed by atoms with E-state index in [1.807, 2.05) is 12.4 Å². The van der Waals surface area contributed by atoms with Gasteiger partial charge in [-0.1, -0.05) is 6.42 Å². The van der Waals surface area contributed by atoms with Crippen molar-refractivity contribution in [2.45, 2.75) is 32.7 Å². The van der Waals surface area contributed by atoms with Crippen molar-refractivity contribution in [1.29, 1.82) is 0 Å². The lowest BCUT2D eigenvalue weighted by Gasteiger charge is -2.27. The Morgan fingerprint density at radius 3 is 2.87 bits per heavy atom. The van der Waals surface area contributed by atoms with Crippen molar-refractivity contribution in [2.75, 3.05) is 13.1 Å². The van der Waals surface area contributed by atoms with Crippen LogP contribution in [0.25, 0.3) is 0 Å². The summed E-state index contributed by atoms with van der Waals surface area (Å²) < 4.78 is 0. The van der Waals surface area contributed by atoms with Crippen LogP contribution in [0.3, 0.4) is 0 Å². The Balaban J connectivity index is 1.84. The minimum Gasteiger partial charge on any atom is -0.264 e. The molecule has 1 aromatic rings. The number of hydrogen-bond acceptors (Lipinski definition) is 3. The van der Waals surface area contributed by atoms with Gasteiger partial charge in [-0.15, -0.1) is 0 Å². The molecule has 15 heavy (non-hydrogen) atoms. The first-order chi connectivity index (χ1) is 7.36. The van der Waals surface area contributed by atoms with Crippen LogP contribution in [-0.2, 0) is 6.54 Å². The molecule has 0 atom stereocenters. The molecule has 0 saturated carbocycles. The quantitative estimate of drug-likeness (QED) is 0.816. The van der Waals surface area contributed by atoms with Crippen LogP contribution in [0, 0.1) is 6.92 Å². The van der Waals surface area contributed by atoms with Gasteiger partial charge in [0, 0.05) is 32.0 Å². The average Bonchev–Trinajstić information content (AvgIpc) is 2.29. The molecule has 0 amide bonds. The van der Waals surface area contributed by atoms with E-state index in [9.17, 15) is 0 Å². The Labute approximate surface area is 91.5 Å². The maximum atomic E-state index is 4.15. The zero-order valence-corrected chi connectivity index (χ0v) is 9.37. The summed E-state index contributed by atoms with van der Waals surface area (Å²) in [6.45, 7) is 5.40. The van der Waals surface area contributed by atoms with Gasteiger partial charge in [0.1, 0.15) is 0 Å². The number of aromatic nitrogens is 1. The zero-order chi connectivity index (χ0) is 10.5. The molecule has 1 aliphatic rings. The molecular weight excluding hydrogens is 186 g/mol. The van der Waals surface area contributed by atoms with Crippen molar-refractivity contribution in [2.24, 2.45) is 0 Å². The van der Waals surface area contributed by atoms with E-state index in [0.717, 1.165) is 6.54 Å². The normalized spacial score (nSPS) is 17.9. The number of pyridine rings is 1. The van der Waals surface area contributed by atoms with Crippen molar-refractivity contribution >= 4 is 0 Å². The van der Waals surface area contributed by atoms with Crippen LogP contribution in [-0.4, -0.2) is 23.1 Å². The van der Waals surface area contributed by atoms with Gasteiger partial charge in [0.15, 0.2) is 0 Å². The Hall–Kier alpha value is -0.930. The predicted molar refractivity (Wildman–Crippen MR) is 61.2 cm³/mol. The third kappa shape index (κ3) is 3.01. The summed E-state index contributed by atoms with van der Waals surface area (Å²) in [5, 5.41) is 2.33.